The molecular weight excluding hydrogens is 444 g/mol. The first-order valence-corrected chi connectivity index (χ1v) is 12.3. The lowest BCUT2D eigenvalue weighted by atomic mass is 10.2. The number of nitrogens with zero attached hydrogens (tertiary/aromatic N) is 1. The fraction of sp³-hybridized carbons (Fsp3) is 0.364. The number of nitrogens with one attached hydrogen (secondary N) is 4. The minimum atomic E-state index is -3.99. The van der Waals surface area contributed by atoms with Gasteiger partial charge < -0.3 is 30.9 Å². The Morgan fingerprint density at radius 3 is 2.64 bits per heavy atom. The van der Waals surface area contributed by atoms with Gasteiger partial charge in [0.25, 0.3) is 0 Å². The number of H-pyrrole nitrogens is 1. The minimum Gasteiger partial charge on any atom is -0.382 e. The number of aromatic nitrogens is 2. The van der Waals surface area contributed by atoms with Gasteiger partial charge in [0.05, 0.1) is 11.0 Å². The van der Waals surface area contributed by atoms with Crippen LogP contribution in [0, 0.1) is 0 Å². The van der Waals surface area contributed by atoms with E-state index in [9.17, 15) is 13.2 Å². The van der Waals surface area contributed by atoms with Crippen molar-refractivity contribution in [2.24, 2.45) is 5.73 Å². The highest BCUT2D eigenvalue weighted by Crippen LogP contribution is 2.26. The summed E-state index contributed by atoms with van der Waals surface area (Å²) in [5.41, 5.74) is 7.25. The molecule has 1 saturated carbocycles. The van der Waals surface area contributed by atoms with E-state index in [4.69, 9.17) is 9.92 Å². The molecule has 1 aliphatic carbocycles. The summed E-state index contributed by atoms with van der Waals surface area (Å²) in [5.74, 6) is 0.644. The molecule has 176 valence electrons. The van der Waals surface area contributed by atoms with Gasteiger partial charge in [-0.15, -0.1) is 0 Å². The van der Waals surface area contributed by atoms with Gasteiger partial charge in [-0.05, 0) is 56.2 Å². The summed E-state index contributed by atoms with van der Waals surface area (Å²) in [6, 6.07) is 11.1. The Morgan fingerprint density at radius 1 is 1.21 bits per heavy atom. The normalized spacial score (nSPS) is 15.3. The van der Waals surface area contributed by atoms with Gasteiger partial charge in [-0.25, -0.2) is 9.78 Å². The predicted octanol–water partition coefficient (Wildman–Crippen LogP) is 3.15. The van der Waals surface area contributed by atoms with Crippen molar-refractivity contribution in [1.29, 1.82) is 0 Å². The van der Waals surface area contributed by atoms with Crippen molar-refractivity contribution < 1.29 is 17.4 Å². The molecular formula is C22H28N6O4S. The number of amides is 2. The molecule has 2 amide bonds. The summed E-state index contributed by atoms with van der Waals surface area (Å²) < 4.78 is 30.8. The highest BCUT2D eigenvalue weighted by atomic mass is 32.2. The molecule has 33 heavy (non-hydrogen) atoms. The largest absolute Gasteiger partial charge is 0.382 e. The van der Waals surface area contributed by atoms with Crippen LogP contribution in [0.5, 0.6) is 5.75 Å². The lowest BCUT2D eigenvalue weighted by Gasteiger charge is -2.14. The first kappa shape index (κ1) is 22.7. The third kappa shape index (κ3) is 5.86. The van der Waals surface area contributed by atoms with Gasteiger partial charge in [-0.2, -0.15) is 8.42 Å². The zero-order valence-electron chi connectivity index (χ0n) is 18.3. The molecule has 0 spiro atoms. The number of fused-ring (bicyclic) bond motifs is 1. The molecule has 0 saturated heterocycles. The molecule has 11 heteroatoms. The molecule has 3 aromatic rings. The van der Waals surface area contributed by atoms with Crippen molar-refractivity contribution in [3.8, 4) is 5.75 Å². The topological polar surface area (TPSA) is 151 Å². The van der Waals surface area contributed by atoms with E-state index in [1.165, 1.54) is 12.8 Å². The smallest absolute Gasteiger partial charge is 0.339 e. The quantitative estimate of drug-likeness (QED) is 0.300. The van der Waals surface area contributed by atoms with Crippen LogP contribution in [0.25, 0.3) is 11.0 Å². The van der Waals surface area contributed by atoms with E-state index in [1.807, 2.05) is 0 Å². The Kier molecular flexibility index (Phi) is 6.59. The van der Waals surface area contributed by atoms with E-state index in [-0.39, 0.29) is 16.7 Å². The minimum absolute atomic E-state index is 0.0832. The molecule has 1 unspecified atom stereocenters. The van der Waals surface area contributed by atoms with E-state index >= 15 is 0 Å². The number of primary amides is 1. The van der Waals surface area contributed by atoms with E-state index in [2.05, 4.69) is 25.9 Å². The van der Waals surface area contributed by atoms with Gasteiger partial charge in [0.15, 0.2) is 0 Å². The zero-order valence-corrected chi connectivity index (χ0v) is 19.1. The molecule has 0 bridgehead atoms. The highest BCUT2D eigenvalue weighted by Gasteiger charge is 2.19. The van der Waals surface area contributed by atoms with Crippen LogP contribution in [0.15, 0.2) is 47.4 Å². The van der Waals surface area contributed by atoms with Gasteiger partial charge in [0.1, 0.15) is 10.6 Å². The van der Waals surface area contributed by atoms with E-state index in [1.54, 1.807) is 49.4 Å². The monoisotopic (exact) mass is 472 g/mol. The van der Waals surface area contributed by atoms with Crippen LogP contribution in [0.2, 0.25) is 0 Å². The number of carbonyl (C=O) groups is 1. The predicted molar refractivity (Wildman–Crippen MR) is 127 cm³/mol. The lowest BCUT2D eigenvalue weighted by molar-refractivity contribution is 0.246. The maximum atomic E-state index is 12.7. The van der Waals surface area contributed by atoms with Gasteiger partial charge in [-0.3, -0.25) is 0 Å². The molecule has 1 atom stereocenters. The van der Waals surface area contributed by atoms with Gasteiger partial charge >= 0.3 is 16.1 Å². The van der Waals surface area contributed by atoms with Crippen LogP contribution in [-0.4, -0.2) is 43.0 Å². The van der Waals surface area contributed by atoms with Crippen LogP contribution >= 0.6 is 0 Å². The summed E-state index contributed by atoms with van der Waals surface area (Å²) in [5, 5.41) is 9.06. The van der Waals surface area contributed by atoms with Crippen molar-refractivity contribution in [2.75, 3.05) is 17.2 Å². The number of urea groups is 1. The molecule has 6 N–H and O–H groups in total. The standard InChI is InChI=1S/C22H28N6O4S/c1-14(25-21(23)29)13-24-22-27-19-11-8-17(12-20(19)28-22)32-33(30,31)18-9-6-16(7-10-18)26-15-4-2-3-5-15/h6-12,14-15,26H,2-5,13H2,1H3,(H3,23,25,29)(H2,24,27,28). The summed E-state index contributed by atoms with van der Waals surface area (Å²) >= 11 is 0. The molecule has 1 aliphatic rings. The fourth-order valence-electron chi connectivity index (χ4n) is 3.86. The third-order valence-electron chi connectivity index (χ3n) is 5.49. The average Bonchev–Trinajstić information content (AvgIpc) is 3.41. The molecule has 2 aromatic carbocycles. The van der Waals surface area contributed by atoms with Crippen molar-refractivity contribution in [1.82, 2.24) is 15.3 Å². The number of hydrogen-bond acceptors (Lipinski definition) is 7. The van der Waals surface area contributed by atoms with Crippen LogP contribution in [0.1, 0.15) is 32.6 Å². The van der Waals surface area contributed by atoms with Crippen molar-refractivity contribution in [2.45, 2.75) is 49.6 Å². The summed E-state index contributed by atoms with van der Waals surface area (Å²) in [6.45, 7) is 2.21. The number of imidazole rings is 1. The fourth-order valence-corrected chi connectivity index (χ4v) is 4.79. The van der Waals surface area contributed by atoms with Crippen LogP contribution in [0.4, 0.5) is 16.4 Å². The summed E-state index contributed by atoms with van der Waals surface area (Å²) in [4.78, 5) is 18.5. The van der Waals surface area contributed by atoms with E-state index < -0.39 is 16.1 Å². The number of anilines is 2. The van der Waals surface area contributed by atoms with Crippen molar-refractivity contribution in [3.63, 3.8) is 0 Å². The first-order chi connectivity index (χ1) is 15.8. The Bertz CT molecular complexity index is 1220. The Hall–Kier alpha value is -3.47. The van der Waals surface area contributed by atoms with Gasteiger partial charge in [0, 0.05) is 30.4 Å². The maximum Gasteiger partial charge on any atom is 0.339 e. The second kappa shape index (κ2) is 9.57. The molecule has 10 nitrogen and oxygen atoms in total. The number of hydrogen-bond donors (Lipinski definition) is 5. The van der Waals surface area contributed by atoms with Crippen LogP contribution in [0.3, 0.4) is 0 Å². The average molecular weight is 473 g/mol. The SMILES string of the molecule is CC(CNc1nc2cc(OS(=O)(=O)c3ccc(NC4CCCC4)cc3)ccc2[nH]1)NC(N)=O. The van der Waals surface area contributed by atoms with Crippen LogP contribution < -0.4 is 25.9 Å². The Morgan fingerprint density at radius 2 is 1.94 bits per heavy atom. The summed E-state index contributed by atoms with van der Waals surface area (Å²) in [7, 11) is -3.99. The molecule has 4 rings (SSSR count). The number of benzene rings is 2. The number of carbonyl (C=O) groups excluding carboxylic acids is 1. The second-order valence-electron chi connectivity index (χ2n) is 8.24. The van der Waals surface area contributed by atoms with Gasteiger partial charge in [-0.1, -0.05) is 12.8 Å². The zero-order chi connectivity index (χ0) is 23.4. The molecule has 0 radical (unpaired) electrons. The molecule has 1 aromatic heterocycles. The Labute approximate surface area is 192 Å². The highest BCUT2D eigenvalue weighted by molar-refractivity contribution is 7.87. The number of nitrogens with two attached hydrogens (primary N) is 1. The lowest BCUT2D eigenvalue weighted by Crippen LogP contribution is -2.40. The third-order valence-corrected chi connectivity index (χ3v) is 6.76. The molecule has 1 heterocycles. The van der Waals surface area contributed by atoms with Gasteiger partial charge in [0.2, 0.25) is 5.95 Å². The van der Waals surface area contributed by atoms with Crippen molar-refractivity contribution >= 4 is 38.8 Å². The Balaban J connectivity index is 1.41. The number of aromatic amines is 1. The van der Waals surface area contributed by atoms with E-state index in [0.717, 1.165) is 18.5 Å². The molecule has 1 fully saturated rings. The van der Waals surface area contributed by atoms with Crippen LogP contribution in [-0.2, 0) is 10.1 Å². The van der Waals surface area contributed by atoms with E-state index in [0.29, 0.717) is 29.6 Å². The molecule has 0 aliphatic heterocycles. The summed E-state index contributed by atoms with van der Waals surface area (Å²) in [6.07, 6.45) is 4.72. The first-order valence-electron chi connectivity index (χ1n) is 10.9. The number of rotatable bonds is 9. The maximum absolute atomic E-state index is 12.7. The second-order valence-corrected chi connectivity index (χ2v) is 9.79. The van der Waals surface area contributed by atoms with Crippen molar-refractivity contribution in [3.05, 3.63) is 42.5 Å².